The number of hydrogen-bond donors (Lipinski definition) is 1. The van der Waals surface area contributed by atoms with Crippen molar-refractivity contribution in [1.82, 2.24) is 19.6 Å². The molecule has 6 heteroatoms. The highest BCUT2D eigenvalue weighted by Gasteiger charge is 2.11. The van der Waals surface area contributed by atoms with Gasteiger partial charge in [-0.3, -0.25) is 0 Å². The summed E-state index contributed by atoms with van der Waals surface area (Å²) in [6, 6.07) is 9.50. The minimum Gasteiger partial charge on any atom is -0.340 e. The van der Waals surface area contributed by atoms with Crippen LogP contribution in [0.3, 0.4) is 0 Å². The number of fused-ring (bicyclic) bond motifs is 1. The van der Waals surface area contributed by atoms with Gasteiger partial charge in [0.2, 0.25) is 0 Å². The molecule has 5 nitrogen and oxygen atoms in total. The van der Waals surface area contributed by atoms with E-state index in [1.54, 1.807) is 4.52 Å². The van der Waals surface area contributed by atoms with Crippen molar-refractivity contribution >= 4 is 28.9 Å². The Balaban J connectivity index is 2.00. The molecule has 2 aromatic heterocycles. The largest absolute Gasteiger partial charge is 0.340 e. The van der Waals surface area contributed by atoms with Crippen LogP contribution in [0.2, 0.25) is 5.02 Å². The number of halogens is 1. The average Bonchev–Trinajstić information content (AvgIpc) is 2.82. The van der Waals surface area contributed by atoms with Crippen LogP contribution in [0.15, 0.2) is 30.3 Å². The number of hydrogen-bond acceptors (Lipinski definition) is 4. The summed E-state index contributed by atoms with van der Waals surface area (Å²) in [5, 5.41) is 8.62. The second-order valence-corrected chi connectivity index (χ2v) is 6.19. The normalized spacial score (nSPS) is 11.3. The number of aryl methyl sites for hydroxylation is 1. The van der Waals surface area contributed by atoms with Crippen LogP contribution < -0.4 is 5.32 Å². The lowest BCUT2D eigenvalue weighted by atomic mass is 10.1. The van der Waals surface area contributed by atoms with Crippen molar-refractivity contribution in [3.63, 3.8) is 0 Å². The Morgan fingerprint density at radius 1 is 1.18 bits per heavy atom. The van der Waals surface area contributed by atoms with Crippen LogP contribution in [0.1, 0.15) is 25.4 Å². The third kappa shape index (κ3) is 3.20. The molecule has 2 heterocycles. The molecule has 0 bridgehead atoms. The summed E-state index contributed by atoms with van der Waals surface area (Å²) in [7, 11) is 0. The zero-order valence-electron chi connectivity index (χ0n) is 12.8. The van der Waals surface area contributed by atoms with Crippen molar-refractivity contribution in [3.05, 3.63) is 46.9 Å². The van der Waals surface area contributed by atoms with Gasteiger partial charge in [-0.1, -0.05) is 25.4 Å². The minimum absolute atomic E-state index is 0.506. The van der Waals surface area contributed by atoms with Crippen LogP contribution in [0.5, 0.6) is 0 Å². The van der Waals surface area contributed by atoms with E-state index in [1.165, 1.54) is 0 Å². The third-order valence-corrected chi connectivity index (χ3v) is 3.44. The highest BCUT2D eigenvalue weighted by Crippen LogP contribution is 2.20. The van der Waals surface area contributed by atoms with Gasteiger partial charge >= 0.3 is 0 Å². The van der Waals surface area contributed by atoms with E-state index in [-0.39, 0.29) is 0 Å². The molecule has 0 radical (unpaired) electrons. The summed E-state index contributed by atoms with van der Waals surface area (Å²) in [6.07, 6.45) is 0.836. The second-order valence-electron chi connectivity index (χ2n) is 5.75. The Labute approximate surface area is 134 Å². The number of nitrogens with one attached hydrogen (secondary N) is 1. The molecule has 0 aliphatic carbocycles. The minimum atomic E-state index is 0.506. The smallest absolute Gasteiger partial charge is 0.254 e. The molecule has 0 aliphatic rings. The Kier molecular flexibility index (Phi) is 3.98. The molecule has 22 heavy (non-hydrogen) atoms. The van der Waals surface area contributed by atoms with Crippen molar-refractivity contribution in [2.75, 3.05) is 5.32 Å². The van der Waals surface area contributed by atoms with Crippen LogP contribution in [0, 0.1) is 12.8 Å². The van der Waals surface area contributed by atoms with Crippen LogP contribution >= 0.6 is 11.6 Å². The fourth-order valence-electron chi connectivity index (χ4n) is 2.25. The van der Waals surface area contributed by atoms with Crippen molar-refractivity contribution in [1.29, 1.82) is 0 Å². The van der Waals surface area contributed by atoms with Gasteiger partial charge in [-0.25, -0.2) is 4.98 Å². The number of benzene rings is 1. The Bertz CT molecular complexity index is 792. The predicted molar refractivity (Wildman–Crippen MR) is 88.8 cm³/mol. The first-order valence-corrected chi connectivity index (χ1v) is 7.65. The SMILES string of the molecule is Cc1cc(Nc2ccc(Cl)cc2)n2nc(CC(C)C)nc2n1. The highest BCUT2D eigenvalue weighted by molar-refractivity contribution is 6.30. The van der Waals surface area contributed by atoms with Crippen molar-refractivity contribution in [2.24, 2.45) is 5.92 Å². The molecular weight excluding hydrogens is 298 g/mol. The molecule has 0 amide bonds. The molecule has 0 aliphatic heterocycles. The Morgan fingerprint density at radius 3 is 2.59 bits per heavy atom. The van der Waals surface area contributed by atoms with E-state index in [0.717, 1.165) is 29.4 Å². The maximum Gasteiger partial charge on any atom is 0.254 e. The van der Waals surface area contributed by atoms with Gasteiger partial charge in [0.1, 0.15) is 5.82 Å². The zero-order chi connectivity index (χ0) is 15.7. The molecule has 0 unspecified atom stereocenters. The number of anilines is 2. The quantitative estimate of drug-likeness (QED) is 0.789. The lowest BCUT2D eigenvalue weighted by molar-refractivity contribution is 0.620. The number of nitrogens with zero attached hydrogens (tertiary/aromatic N) is 4. The van der Waals surface area contributed by atoms with Crippen molar-refractivity contribution in [2.45, 2.75) is 27.2 Å². The zero-order valence-corrected chi connectivity index (χ0v) is 13.6. The Hall–Kier alpha value is -2.14. The summed E-state index contributed by atoms with van der Waals surface area (Å²) in [6.45, 7) is 6.25. The van der Waals surface area contributed by atoms with Gasteiger partial charge in [-0.05, 0) is 37.1 Å². The van der Waals surface area contributed by atoms with Crippen molar-refractivity contribution in [3.8, 4) is 0 Å². The van der Waals surface area contributed by atoms with Crippen LogP contribution in [0.4, 0.5) is 11.5 Å². The molecule has 0 fully saturated rings. The first-order chi connectivity index (χ1) is 10.5. The maximum absolute atomic E-state index is 5.92. The van der Waals surface area contributed by atoms with Gasteiger partial charge in [-0.15, -0.1) is 5.10 Å². The van der Waals surface area contributed by atoms with E-state index in [4.69, 9.17) is 11.6 Å². The van der Waals surface area contributed by atoms with E-state index in [1.807, 2.05) is 37.3 Å². The number of aromatic nitrogens is 4. The lowest BCUT2D eigenvalue weighted by Crippen LogP contribution is -2.03. The summed E-state index contributed by atoms with van der Waals surface area (Å²) in [4.78, 5) is 8.96. The molecule has 1 aromatic carbocycles. The molecule has 0 spiro atoms. The van der Waals surface area contributed by atoms with E-state index in [0.29, 0.717) is 16.7 Å². The van der Waals surface area contributed by atoms with Crippen LogP contribution in [0.25, 0.3) is 5.78 Å². The summed E-state index contributed by atoms with van der Waals surface area (Å²) < 4.78 is 1.75. The predicted octanol–water partition coefficient (Wildman–Crippen LogP) is 4.03. The van der Waals surface area contributed by atoms with E-state index in [2.05, 4.69) is 34.2 Å². The molecule has 0 atom stereocenters. The molecule has 0 saturated carbocycles. The van der Waals surface area contributed by atoms with Gasteiger partial charge < -0.3 is 5.32 Å². The molecule has 3 aromatic rings. The van der Waals surface area contributed by atoms with E-state index < -0.39 is 0 Å². The molecule has 0 saturated heterocycles. The lowest BCUT2D eigenvalue weighted by Gasteiger charge is -2.08. The standard InChI is InChI=1S/C16H18ClN5/c1-10(2)8-14-20-16-18-11(3)9-15(22(16)21-14)19-13-6-4-12(17)5-7-13/h4-7,9-10,19H,8H2,1-3H3. The molecule has 1 N–H and O–H groups in total. The fourth-order valence-corrected chi connectivity index (χ4v) is 2.38. The first kappa shape index (κ1) is 14.8. The summed E-state index contributed by atoms with van der Waals surface area (Å²) in [5.74, 6) is 2.78. The van der Waals surface area contributed by atoms with E-state index in [9.17, 15) is 0 Å². The van der Waals surface area contributed by atoms with Crippen molar-refractivity contribution < 1.29 is 0 Å². The van der Waals surface area contributed by atoms with Gasteiger partial charge in [-0.2, -0.15) is 9.50 Å². The summed E-state index contributed by atoms with van der Waals surface area (Å²) >= 11 is 5.92. The third-order valence-electron chi connectivity index (χ3n) is 3.19. The highest BCUT2D eigenvalue weighted by atomic mass is 35.5. The van der Waals surface area contributed by atoms with E-state index >= 15 is 0 Å². The maximum atomic E-state index is 5.92. The second kappa shape index (κ2) is 5.93. The fraction of sp³-hybridized carbons (Fsp3) is 0.312. The van der Waals surface area contributed by atoms with Gasteiger partial charge in [0.15, 0.2) is 5.82 Å². The Morgan fingerprint density at radius 2 is 1.91 bits per heavy atom. The van der Waals surface area contributed by atoms with Gasteiger partial charge in [0.25, 0.3) is 5.78 Å². The average molecular weight is 316 g/mol. The molecular formula is C16H18ClN5. The first-order valence-electron chi connectivity index (χ1n) is 7.27. The van der Waals surface area contributed by atoms with Crippen LogP contribution in [-0.2, 0) is 6.42 Å². The summed E-state index contributed by atoms with van der Waals surface area (Å²) in [5.41, 5.74) is 1.84. The molecule has 3 rings (SSSR count). The number of rotatable bonds is 4. The van der Waals surface area contributed by atoms with Gasteiger partial charge in [0, 0.05) is 28.9 Å². The van der Waals surface area contributed by atoms with Gasteiger partial charge in [0.05, 0.1) is 0 Å². The van der Waals surface area contributed by atoms with Crippen LogP contribution in [-0.4, -0.2) is 19.6 Å². The monoisotopic (exact) mass is 315 g/mol. The topological polar surface area (TPSA) is 55.1 Å². The molecule has 114 valence electrons.